The molecule has 0 aliphatic rings. The van der Waals surface area contributed by atoms with Crippen LogP contribution in [0.4, 0.5) is 0 Å². The molecule has 0 bridgehead atoms. The summed E-state index contributed by atoms with van der Waals surface area (Å²) >= 11 is 0. The van der Waals surface area contributed by atoms with Gasteiger partial charge in [0.1, 0.15) is 0 Å². The van der Waals surface area contributed by atoms with Crippen LogP contribution >= 0.6 is 0 Å². The van der Waals surface area contributed by atoms with Gasteiger partial charge in [0, 0.05) is 0 Å². The fraction of sp³-hybridized carbons (Fsp3) is 0.0909. The third-order valence-electron chi connectivity index (χ3n) is 4.19. The molecule has 0 radical (unpaired) electrons. The Kier molecular flexibility index (Phi) is 7.83. The van der Waals surface area contributed by atoms with E-state index in [1.54, 1.807) is 6.92 Å². The minimum atomic E-state index is -1.56. The molecule has 0 aliphatic carbocycles. The van der Waals surface area contributed by atoms with E-state index < -0.39 is 75.1 Å². The summed E-state index contributed by atoms with van der Waals surface area (Å²) in [7, 11) is 0. The van der Waals surface area contributed by atoms with E-state index in [1.807, 2.05) is 0 Å². The second-order valence-corrected chi connectivity index (χ2v) is 6.45. The first-order valence-corrected chi connectivity index (χ1v) is 9.32. The number of hydrogen-bond acceptors (Lipinski definition) is 8. The number of carbonyl (C=O) groups is 6. The lowest BCUT2D eigenvalue weighted by Crippen LogP contribution is -2.17. The molecule has 0 saturated carbocycles. The Morgan fingerprint density at radius 2 is 1.03 bits per heavy atom. The molecule has 2 aromatic rings. The predicted molar refractivity (Wildman–Crippen MR) is 110 cm³/mol. The Morgan fingerprint density at radius 1 is 0.647 bits per heavy atom. The molecule has 2 aromatic carbocycles. The van der Waals surface area contributed by atoms with Gasteiger partial charge in [0.25, 0.3) is 5.95 Å². The zero-order valence-electron chi connectivity index (χ0n) is 17.3. The molecule has 0 aliphatic heterocycles. The van der Waals surface area contributed by atoms with Crippen molar-refractivity contribution in [2.75, 3.05) is 0 Å². The lowest BCUT2D eigenvalue weighted by Gasteiger charge is -2.12. The first-order chi connectivity index (χ1) is 16.0. The molecule has 0 spiro atoms. The maximum atomic E-state index is 12.6. The molecule has 0 amide bonds. The van der Waals surface area contributed by atoms with E-state index in [0.29, 0.717) is 0 Å². The summed E-state index contributed by atoms with van der Waals surface area (Å²) in [6, 6.07) is 5.22. The summed E-state index contributed by atoms with van der Waals surface area (Å²) < 4.78 is 9.86. The molecule has 4 N–H and O–H groups in total. The Hall–Kier alpha value is -5.00. The van der Waals surface area contributed by atoms with Crippen molar-refractivity contribution in [3.63, 3.8) is 0 Å². The number of carboxylic acid groups (broad SMARTS) is 4. The molecule has 34 heavy (non-hydrogen) atoms. The molecule has 0 atom stereocenters. The number of carbonyl (C=O) groups excluding carboxylic acids is 2. The molecule has 12 nitrogen and oxygen atoms in total. The molecule has 176 valence electrons. The predicted octanol–water partition coefficient (Wildman–Crippen LogP) is 2.74. The molecule has 0 heterocycles. The van der Waals surface area contributed by atoms with Crippen LogP contribution in [-0.2, 0) is 9.47 Å². The highest BCUT2D eigenvalue weighted by Gasteiger charge is 2.25. The third kappa shape index (κ3) is 5.82. The summed E-state index contributed by atoms with van der Waals surface area (Å²) in [4.78, 5) is 70.3. The molecule has 0 fully saturated rings. The average Bonchev–Trinajstić information content (AvgIpc) is 2.77. The molecular weight excluding hydrogens is 456 g/mol. The van der Waals surface area contributed by atoms with Gasteiger partial charge < -0.3 is 29.9 Å². The fourth-order valence-electron chi connectivity index (χ4n) is 2.63. The normalized spacial score (nSPS) is 10.0. The summed E-state index contributed by atoms with van der Waals surface area (Å²) in [5.74, 6) is -9.50. The van der Waals surface area contributed by atoms with Gasteiger partial charge in [0.05, 0.1) is 33.4 Å². The van der Waals surface area contributed by atoms with Gasteiger partial charge in [-0.1, -0.05) is 6.92 Å². The van der Waals surface area contributed by atoms with Crippen LogP contribution < -0.4 is 0 Å². The molecule has 0 saturated heterocycles. The maximum Gasteiger partial charge on any atom is 0.346 e. The Morgan fingerprint density at radius 3 is 1.32 bits per heavy atom. The van der Waals surface area contributed by atoms with E-state index in [4.69, 9.17) is 19.7 Å². The number of carboxylic acids is 4. The van der Waals surface area contributed by atoms with Crippen LogP contribution in [0.2, 0.25) is 0 Å². The van der Waals surface area contributed by atoms with Crippen molar-refractivity contribution in [2.45, 2.75) is 13.3 Å². The standard InChI is InChI=1S/C22H16O12/c1-2-3-16(33-21(31)14-8-10(17(23)24)4-6-12(14)19(27)28)34-22(32)15-9-11(18(25)26)5-7-13(15)20(29)30/h3-9H,2H2,1H3,(H,23,24)(H,25,26)(H,27,28)(H,29,30). The van der Waals surface area contributed by atoms with Crippen LogP contribution in [0.3, 0.4) is 0 Å². The quantitative estimate of drug-likeness (QED) is 0.307. The second kappa shape index (κ2) is 10.5. The van der Waals surface area contributed by atoms with E-state index in [0.717, 1.165) is 42.5 Å². The zero-order valence-corrected chi connectivity index (χ0v) is 17.3. The van der Waals surface area contributed by atoms with Crippen LogP contribution in [0.1, 0.15) is 75.5 Å². The number of hydrogen-bond donors (Lipinski definition) is 4. The Balaban J connectivity index is 2.41. The fourth-order valence-corrected chi connectivity index (χ4v) is 2.63. The van der Waals surface area contributed by atoms with E-state index in [9.17, 15) is 39.0 Å². The Bertz CT molecular complexity index is 1150. The van der Waals surface area contributed by atoms with Crippen LogP contribution in [-0.4, -0.2) is 56.2 Å². The topological polar surface area (TPSA) is 202 Å². The molecule has 0 unspecified atom stereocenters. The van der Waals surface area contributed by atoms with Gasteiger partial charge >= 0.3 is 35.8 Å². The molecule has 2 rings (SSSR count). The average molecular weight is 472 g/mol. The van der Waals surface area contributed by atoms with Crippen molar-refractivity contribution >= 4 is 35.8 Å². The van der Waals surface area contributed by atoms with Crippen molar-refractivity contribution in [2.24, 2.45) is 0 Å². The first-order valence-electron chi connectivity index (χ1n) is 9.32. The highest BCUT2D eigenvalue weighted by atomic mass is 16.7. The van der Waals surface area contributed by atoms with E-state index in [-0.39, 0.29) is 6.42 Å². The van der Waals surface area contributed by atoms with Gasteiger partial charge in [-0.3, -0.25) is 0 Å². The summed E-state index contributed by atoms with van der Waals surface area (Å²) in [5, 5.41) is 36.7. The molecule has 12 heteroatoms. The van der Waals surface area contributed by atoms with Crippen LogP contribution in [0, 0.1) is 0 Å². The number of aromatic carboxylic acids is 4. The van der Waals surface area contributed by atoms with E-state index in [2.05, 4.69) is 0 Å². The Labute approximate surface area is 190 Å². The van der Waals surface area contributed by atoms with Crippen LogP contribution in [0.5, 0.6) is 0 Å². The van der Waals surface area contributed by atoms with Crippen LogP contribution in [0.25, 0.3) is 0 Å². The minimum absolute atomic E-state index is 0.137. The number of esters is 2. The third-order valence-corrected chi connectivity index (χ3v) is 4.19. The van der Waals surface area contributed by atoms with Gasteiger partial charge in [-0.2, -0.15) is 0 Å². The van der Waals surface area contributed by atoms with Gasteiger partial charge in [-0.05, 0) is 48.9 Å². The lowest BCUT2D eigenvalue weighted by molar-refractivity contribution is 0.0224. The van der Waals surface area contributed by atoms with Crippen molar-refractivity contribution in [1.29, 1.82) is 0 Å². The van der Waals surface area contributed by atoms with Gasteiger partial charge in [-0.15, -0.1) is 0 Å². The lowest BCUT2D eigenvalue weighted by atomic mass is 10.0. The highest BCUT2D eigenvalue weighted by Crippen LogP contribution is 2.19. The summed E-state index contributed by atoms with van der Waals surface area (Å²) in [6.07, 6.45) is 1.23. The molecular formula is C22H16O12. The highest BCUT2D eigenvalue weighted by molar-refractivity contribution is 6.06. The smallest absolute Gasteiger partial charge is 0.346 e. The summed E-state index contributed by atoms with van der Waals surface area (Å²) in [6.45, 7) is 1.56. The molecule has 0 aromatic heterocycles. The largest absolute Gasteiger partial charge is 0.478 e. The van der Waals surface area contributed by atoms with Crippen molar-refractivity contribution in [3.05, 3.63) is 81.8 Å². The monoisotopic (exact) mass is 472 g/mol. The van der Waals surface area contributed by atoms with Crippen molar-refractivity contribution in [1.82, 2.24) is 0 Å². The van der Waals surface area contributed by atoms with Crippen molar-refractivity contribution < 1.29 is 58.7 Å². The van der Waals surface area contributed by atoms with Crippen molar-refractivity contribution in [3.8, 4) is 0 Å². The van der Waals surface area contributed by atoms with Crippen LogP contribution in [0.15, 0.2) is 48.4 Å². The van der Waals surface area contributed by atoms with Gasteiger partial charge in [0.15, 0.2) is 0 Å². The van der Waals surface area contributed by atoms with E-state index in [1.165, 1.54) is 0 Å². The summed E-state index contributed by atoms with van der Waals surface area (Å²) in [5.41, 5.74) is -3.29. The van der Waals surface area contributed by atoms with Gasteiger partial charge in [0.2, 0.25) is 0 Å². The second-order valence-electron chi connectivity index (χ2n) is 6.45. The van der Waals surface area contributed by atoms with Gasteiger partial charge in [-0.25, -0.2) is 28.8 Å². The number of allylic oxidation sites excluding steroid dienone is 1. The maximum absolute atomic E-state index is 12.6. The SMILES string of the molecule is CCC=C(OC(=O)c1cc(C(=O)O)ccc1C(=O)O)OC(=O)c1cc(C(=O)O)ccc1C(=O)O. The number of rotatable bonds is 9. The number of benzene rings is 2. The minimum Gasteiger partial charge on any atom is -0.478 e. The van der Waals surface area contributed by atoms with E-state index >= 15 is 0 Å². The first kappa shape index (κ1) is 25.3. The zero-order chi connectivity index (χ0) is 25.6. The number of ether oxygens (including phenoxy) is 2.